The fourth-order valence-corrected chi connectivity index (χ4v) is 2.02. The van der Waals surface area contributed by atoms with Crippen LogP contribution in [0.2, 0.25) is 0 Å². The maximum atomic E-state index is 12.0. The second-order valence-electron chi connectivity index (χ2n) is 4.19. The third-order valence-electron chi connectivity index (χ3n) is 3.07. The molecule has 0 unspecified atom stereocenters. The molecule has 1 aromatic heterocycles. The third-order valence-corrected chi connectivity index (χ3v) is 3.07. The van der Waals surface area contributed by atoms with Gasteiger partial charge in [-0.3, -0.25) is 9.59 Å². The Kier molecular flexibility index (Phi) is 3.55. The Labute approximate surface area is 110 Å². The van der Waals surface area contributed by atoms with E-state index in [9.17, 15) is 9.59 Å². The summed E-state index contributed by atoms with van der Waals surface area (Å²) in [4.78, 5) is 23.2. The van der Waals surface area contributed by atoms with Gasteiger partial charge in [0.05, 0.1) is 19.9 Å². The highest BCUT2D eigenvalue weighted by atomic mass is 16.5. The molecule has 0 spiro atoms. The van der Waals surface area contributed by atoms with Gasteiger partial charge in [-0.05, 0) is 24.3 Å². The van der Waals surface area contributed by atoms with Crippen molar-refractivity contribution in [2.75, 3.05) is 14.2 Å². The lowest BCUT2D eigenvalue weighted by Crippen LogP contribution is -2.12. The minimum Gasteiger partial charge on any atom is -0.497 e. The summed E-state index contributed by atoms with van der Waals surface area (Å²) in [7, 11) is 4.65. The van der Waals surface area contributed by atoms with Gasteiger partial charge in [-0.15, -0.1) is 0 Å². The number of aromatic nitrogens is 1. The van der Waals surface area contributed by atoms with Crippen molar-refractivity contribution in [1.82, 2.24) is 4.57 Å². The molecule has 1 heterocycles. The number of Topliss-reactive ketones (excluding diaryl/α,β-unsaturated/α-hetero) is 1. The van der Waals surface area contributed by atoms with E-state index in [0.717, 1.165) is 16.7 Å². The van der Waals surface area contributed by atoms with Crippen molar-refractivity contribution >= 4 is 22.7 Å². The molecule has 100 valence electrons. The highest BCUT2D eigenvalue weighted by molar-refractivity contribution is 6.07. The van der Waals surface area contributed by atoms with Gasteiger partial charge in [-0.25, -0.2) is 0 Å². The van der Waals surface area contributed by atoms with E-state index >= 15 is 0 Å². The fourth-order valence-electron chi connectivity index (χ4n) is 2.02. The Balaban J connectivity index is 2.41. The molecule has 0 bridgehead atoms. The minimum absolute atomic E-state index is 0.252. The molecule has 5 heteroatoms. The second kappa shape index (κ2) is 5.14. The molecule has 0 saturated heterocycles. The molecule has 0 N–H and O–H groups in total. The zero-order valence-electron chi connectivity index (χ0n) is 11.1. The zero-order valence-corrected chi connectivity index (χ0v) is 11.1. The second-order valence-corrected chi connectivity index (χ2v) is 4.19. The number of esters is 1. The Hall–Kier alpha value is -2.30. The average molecular weight is 261 g/mol. The van der Waals surface area contributed by atoms with Crippen LogP contribution in [0.4, 0.5) is 0 Å². The molecule has 19 heavy (non-hydrogen) atoms. The van der Waals surface area contributed by atoms with Gasteiger partial charge in [0.2, 0.25) is 0 Å². The predicted molar refractivity (Wildman–Crippen MR) is 70.4 cm³/mol. The number of benzene rings is 1. The Morgan fingerprint density at radius 1 is 1.21 bits per heavy atom. The normalized spacial score (nSPS) is 10.5. The smallest absolute Gasteiger partial charge is 0.313 e. The number of methoxy groups -OCH3 is 2. The summed E-state index contributed by atoms with van der Waals surface area (Å²) in [6, 6.07) is 7.31. The molecule has 2 aromatic rings. The van der Waals surface area contributed by atoms with Crippen LogP contribution < -0.4 is 4.74 Å². The molecule has 0 atom stereocenters. The summed E-state index contributed by atoms with van der Waals surface area (Å²) in [6.45, 7) is 0. The van der Waals surface area contributed by atoms with Gasteiger partial charge in [0.1, 0.15) is 12.2 Å². The maximum absolute atomic E-state index is 12.0. The predicted octanol–water partition coefficient (Wildman–Crippen LogP) is 1.93. The van der Waals surface area contributed by atoms with Gasteiger partial charge < -0.3 is 14.0 Å². The summed E-state index contributed by atoms with van der Waals surface area (Å²) in [5, 5.41) is 0.898. The first kappa shape index (κ1) is 13.1. The summed E-state index contributed by atoms with van der Waals surface area (Å²) in [6.07, 6.45) is -0.252. The van der Waals surface area contributed by atoms with Crippen molar-refractivity contribution in [1.29, 1.82) is 0 Å². The van der Waals surface area contributed by atoms with Crippen molar-refractivity contribution in [2.24, 2.45) is 7.05 Å². The summed E-state index contributed by atoms with van der Waals surface area (Å²) in [5.41, 5.74) is 1.39. The van der Waals surface area contributed by atoms with Gasteiger partial charge in [-0.1, -0.05) is 0 Å². The van der Waals surface area contributed by atoms with Crippen LogP contribution in [0, 0.1) is 0 Å². The van der Waals surface area contributed by atoms with Crippen molar-refractivity contribution in [3.63, 3.8) is 0 Å². The molecular weight excluding hydrogens is 246 g/mol. The van der Waals surface area contributed by atoms with Gasteiger partial charge in [0.15, 0.2) is 5.78 Å². The number of hydrogen-bond acceptors (Lipinski definition) is 4. The van der Waals surface area contributed by atoms with Crippen LogP contribution in [-0.4, -0.2) is 30.5 Å². The van der Waals surface area contributed by atoms with Crippen LogP contribution in [0.5, 0.6) is 5.75 Å². The first-order valence-electron chi connectivity index (χ1n) is 5.80. The van der Waals surface area contributed by atoms with Crippen LogP contribution in [-0.2, 0) is 16.6 Å². The molecule has 0 aliphatic carbocycles. The average Bonchev–Trinajstić information content (AvgIpc) is 2.75. The first-order chi connectivity index (χ1) is 9.06. The highest BCUT2D eigenvalue weighted by Gasteiger charge is 2.17. The number of carbonyl (C=O) groups excluding carboxylic acids is 2. The topological polar surface area (TPSA) is 57.5 Å². The van der Waals surface area contributed by atoms with Crippen molar-refractivity contribution in [3.05, 3.63) is 30.0 Å². The van der Waals surface area contributed by atoms with Gasteiger partial charge in [0.25, 0.3) is 0 Å². The number of aryl methyl sites for hydroxylation is 1. The number of hydrogen-bond donors (Lipinski definition) is 0. The standard InChI is InChI=1S/C14H15NO4/c1-15-11-5-4-10(18-2)6-9(11)7-12(15)13(16)8-14(17)19-3/h4-7H,8H2,1-3H3. The Morgan fingerprint density at radius 3 is 2.58 bits per heavy atom. The van der Waals surface area contributed by atoms with E-state index in [1.54, 1.807) is 24.8 Å². The van der Waals surface area contributed by atoms with Gasteiger partial charge >= 0.3 is 5.97 Å². The van der Waals surface area contributed by atoms with E-state index in [1.165, 1.54) is 7.11 Å². The number of rotatable bonds is 4. The van der Waals surface area contributed by atoms with Crippen molar-refractivity contribution in [3.8, 4) is 5.75 Å². The molecule has 0 aliphatic heterocycles. The monoisotopic (exact) mass is 261 g/mol. The van der Waals surface area contributed by atoms with E-state index in [-0.39, 0.29) is 12.2 Å². The van der Waals surface area contributed by atoms with Crippen LogP contribution in [0.3, 0.4) is 0 Å². The number of carbonyl (C=O) groups is 2. The molecular formula is C14H15NO4. The fraction of sp³-hybridized carbons (Fsp3) is 0.286. The first-order valence-corrected chi connectivity index (χ1v) is 5.80. The minimum atomic E-state index is -0.534. The highest BCUT2D eigenvalue weighted by Crippen LogP contribution is 2.24. The third kappa shape index (κ3) is 2.45. The summed E-state index contributed by atoms with van der Waals surface area (Å²) >= 11 is 0. The van der Waals surface area contributed by atoms with Gasteiger partial charge in [0, 0.05) is 18.0 Å². The molecule has 0 saturated carbocycles. The summed E-state index contributed by atoms with van der Waals surface area (Å²) < 4.78 is 11.4. The van der Waals surface area contributed by atoms with E-state index in [1.807, 2.05) is 18.2 Å². The largest absolute Gasteiger partial charge is 0.497 e. The number of ether oxygens (including phenoxy) is 2. The SMILES string of the molecule is COC(=O)CC(=O)c1cc2cc(OC)ccc2n1C. The van der Waals surface area contributed by atoms with E-state index < -0.39 is 5.97 Å². The van der Waals surface area contributed by atoms with Crippen LogP contribution in [0.1, 0.15) is 16.9 Å². The zero-order chi connectivity index (χ0) is 14.0. The molecule has 0 aliphatic rings. The number of fused-ring (bicyclic) bond motifs is 1. The molecule has 2 rings (SSSR count). The van der Waals surface area contributed by atoms with Gasteiger partial charge in [-0.2, -0.15) is 0 Å². The maximum Gasteiger partial charge on any atom is 0.313 e. The molecule has 5 nitrogen and oxygen atoms in total. The lowest BCUT2D eigenvalue weighted by atomic mass is 10.2. The van der Waals surface area contributed by atoms with Crippen molar-refractivity contribution in [2.45, 2.75) is 6.42 Å². The Bertz CT molecular complexity index is 642. The van der Waals surface area contributed by atoms with E-state index in [2.05, 4.69) is 4.74 Å². The molecule has 0 fully saturated rings. The summed E-state index contributed by atoms with van der Waals surface area (Å²) in [5.74, 6) is -0.0672. The van der Waals surface area contributed by atoms with Crippen molar-refractivity contribution < 1.29 is 19.1 Å². The van der Waals surface area contributed by atoms with E-state index in [4.69, 9.17) is 4.74 Å². The number of ketones is 1. The molecule has 0 amide bonds. The molecule has 1 aromatic carbocycles. The van der Waals surface area contributed by atoms with Crippen LogP contribution in [0.25, 0.3) is 10.9 Å². The van der Waals surface area contributed by atoms with Crippen LogP contribution in [0.15, 0.2) is 24.3 Å². The van der Waals surface area contributed by atoms with E-state index in [0.29, 0.717) is 5.69 Å². The Morgan fingerprint density at radius 2 is 1.95 bits per heavy atom. The molecule has 0 radical (unpaired) electrons. The van der Waals surface area contributed by atoms with Crippen LogP contribution >= 0.6 is 0 Å². The number of nitrogens with zero attached hydrogens (tertiary/aromatic N) is 1. The lowest BCUT2D eigenvalue weighted by molar-refractivity contribution is -0.139. The lowest BCUT2D eigenvalue weighted by Gasteiger charge is -2.03. The quantitative estimate of drug-likeness (QED) is 0.479.